The zero-order chi connectivity index (χ0) is 13.1. The Bertz CT molecular complexity index is 496. The molecule has 6 nitrogen and oxygen atoms in total. The van der Waals surface area contributed by atoms with Gasteiger partial charge in [0.25, 0.3) is 0 Å². The zero-order valence-electron chi connectivity index (χ0n) is 9.46. The van der Waals surface area contributed by atoms with Crippen molar-refractivity contribution in [3.05, 3.63) is 29.8 Å². The van der Waals surface area contributed by atoms with E-state index >= 15 is 0 Å². The first-order chi connectivity index (χ1) is 7.79. The van der Waals surface area contributed by atoms with Crippen LogP contribution in [0.4, 0.5) is 5.69 Å². The number of amides is 1. The minimum Gasteiger partial charge on any atom is -0.399 e. The quantitative estimate of drug-likeness (QED) is 0.694. The molecule has 4 N–H and O–H groups in total. The first-order valence-corrected chi connectivity index (χ1v) is 6.71. The number of primary amides is 1. The highest BCUT2D eigenvalue weighted by molar-refractivity contribution is 7.88. The summed E-state index contributed by atoms with van der Waals surface area (Å²) in [5.41, 5.74) is 11.9. The SMILES string of the molecule is CS(=O)(=O)N(CC(N)=O)Cc1ccc(N)cc1. The smallest absolute Gasteiger partial charge is 0.232 e. The number of sulfonamides is 1. The molecule has 17 heavy (non-hydrogen) atoms. The molecule has 1 amide bonds. The summed E-state index contributed by atoms with van der Waals surface area (Å²) in [4.78, 5) is 10.8. The lowest BCUT2D eigenvalue weighted by atomic mass is 10.2. The van der Waals surface area contributed by atoms with E-state index in [1.54, 1.807) is 24.3 Å². The largest absolute Gasteiger partial charge is 0.399 e. The van der Waals surface area contributed by atoms with Gasteiger partial charge in [-0.25, -0.2) is 8.42 Å². The van der Waals surface area contributed by atoms with Crippen LogP contribution >= 0.6 is 0 Å². The number of hydrogen-bond donors (Lipinski definition) is 2. The summed E-state index contributed by atoms with van der Waals surface area (Å²) in [5.74, 6) is -0.689. The lowest BCUT2D eigenvalue weighted by Crippen LogP contribution is -2.37. The third-order valence-corrected chi connectivity index (χ3v) is 3.34. The van der Waals surface area contributed by atoms with Crippen LogP contribution < -0.4 is 11.5 Å². The number of anilines is 1. The second-order valence-electron chi connectivity index (χ2n) is 3.74. The molecule has 0 aliphatic carbocycles. The lowest BCUT2D eigenvalue weighted by Gasteiger charge is -2.18. The number of hydrogen-bond acceptors (Lipinski definition) is 4. The molecule has 0 aliphatic rings. The first kappa shape index (κ1) is 13.5. The summed E-state index contributed by atoms with van der Waals surface area (Å²) in [6.45, 7) is -0.231. The monoisotopic (exact) mass is 257 g/mol. The van der Waals surface area contributed by atoms with Gasteiger partial charge < -0.3 is 11.5 Å². The van der Waals surface area contributed by atoms with Gasteiger partial charge in [-0.3, -0.25) is 4.79 Å². The summed E-state index contributed by atoms with van der Waals surface area (Å²) in [6, 6.07) is 6.74. The van der Waals surface area contributed by atoms with E-state index in [0.717, 1.165) is 16.1 Å². The van der Waals surface area contributed by atoms with Crippen LogP contribution in [-0.2, 0) is 21.4 Å². The zero-order valence-corrected chi connectivity index (χ0v) is 10.3. The molecule has 0 unspecified atom stereocenters. The van der Waals surface area contributed by atoms with E-state index in [0.29, 0.717) is 5.69 Å². The van der Waals surface area contributed by atoms with E-state index in [1.807, 2.05) is 0 Å². The van der Waals surface area contributed by atoms with Gasteiger partial charge in [0, 0.05) is 12.2 Å². The highest BCUT2D eigenvalue weighted by Crippen LogP contribution is 2.10. The Morgan fingerprint density at radius 1 is 1.29 bits per heavy atom. The van der Waals surface area contributed by atoms with Crippen LogP contribution in [0.3, 0.4) is 0 Å². The molecule has 0 saturated heterocycles. The van der Waals surface area contributed by atoms with Gasteiger partial charge in [0.1, 0.15) is 0 Å². The van der Waals surface area contributed by atoms with E-state index in [4.69, 9.17) is 11.5 Å². The second-order valence-corrected chi connectivity index (χ2v) is 5.72. The maximum Gasteiger partial charge on any atom is 0.232 e. The predicted molar refractivity (Wildman–Crippen MR) is 65.3 cm³/mol. The maximum absolute atomic E-state index is 11.4. The van der Waals surface area contributed by atoms with Crippen molar-refractivity contribution < 1.29 is 13.2 Å². The van der Waals surface area contributed by atoms with E-state index in [-0.39, 0.29) is 13.1 Å². The predicted octanol–water partition coefficient (Wildman–Crippen LogP) is -0.484. The number of nitrogen functional groups attached to an aromatic ring is 1. The van der Waals surface area contributed by atoms with Gasteiger partial charge in [-0.1, -0.05) is 12.1 Å². The average Bonchev–Trinajstić information content (AvgIpc) is 2.18. The topological polar surface area (TPSA) is 106 Å². The molecule has 0 fully saturated rings. The van der Waals surface area contributed by atoms with Crippen LogP contribution in [0.2, 0.25) is 0 Å². The molecule has 1 aromatic carbocycles. The van der Waals surface area contributed by atoms with Gasteiger partial charge in [-0.05, 0) is 17.7 Å². The Balaban J connectivity index is 2.87. The normalized spacial score (nSPS) is 11.6. The fraction of sp³-hybridized carbons (Fsp3) is 0.300. The van der Waals surface area contributed by atoms with E-state index < -0.39 is 15.9 Å². The summed E-state index contributed by atoms with van der Waals surface area (Å²) in [5, 5.41) is 0. The van der Waals surface area contributed by atoms with Crippen molar-refractivity contribution >= 4 is 21.6 Å². The lowest BCUT2D eigenvalue weighted by molar-refractivity contribution is -0.118. The van der Waals surface area contributed by atoms with Crippen molar-refractivity contribution in [2.75, 3.05) is 18.5 Å². The summed E-state index contributed by atoms with van der Waals surface area (Å²) in [7, 11) is -3.47. The van der Waals surface area contributed by atoms with Crippen molar-refractivity contribution in [3.63, 3.8) is 0 Å². The summed E-state index contributed by atoms with van der Waals surface area (Å²) in [6.07, 6.45) is 1.03. The van der Waals surface area contributed by atoms with Crippen molar-refractivity contribution in [2.45, 2.75) is 6.54 Å². The molecule has 0 aliphatic heterocycles. The molecule has 94 valence electrons. The Labute approximate surface area is 100 Å². The minimum atomic E-state index is -3.47. The fourth-order valence-electron chi connectivity index (χ4n) is 1.29. The van der Waals surface area contributed by atoms with Gasteiger partial charge in [-0.15, -0.1) is 0 Å². The molecular formula is C10H15N3O3S. The highest BCUT2D eigenvalue weighted by Gasteiger charge is 2.18. The number of carbonyl (C=O) groups excluding carboxylic acids is 1. The van der Waals surface area contributed by atoms with Crippen molar-refractivity contribution in [2.24, 2.45) is 5.73 Å². The van der Waals surface area contributed by atoms with Crippen LogP contribution in [0.5, 0.6) is 0 Å². The van der Waals surface area contributed by atoms with E-state index in [2.05, 4.69) is 0 Å². The Kier molecular flexibility index (Phi) is 4.08. The molecule has 7 heteroatoms. The average molecular weight is 257 g/mol. The van der Waals surface area contributed by atoms with Gasteiger partial charge in [-0.2, -0.15) is 4.31 Å². The van der Waals surface area contributed by atoms with Crippen molar-refractivity contribution in [1.29, 1.82) is 0 Å². The van der Waals surface area contributed by atoms with Crippen LogP contribution in [0, 0.1) is 0 Å². The maximum atomic E-state index is 11.4. The third-order valence-electron chi connectivity index (χ3n) is 2.14. The molecule has 0 spiro atoms. The molecule has 0 saturated carbocycles. The Hall–Kier alpha value is -1.60. The fourth-order valence-corrected chi connectivity index (χ4v) is 2.04. The molecule has 0 heterocycles. The molecule has 1 aromatic rings. The number of benzene rings is 1. The third kappa shape index (κ3) is 4.41. The number of nitrogens with two attached hydrogens (primary N) is 2. The van der Waals surface area contributed by atoms with Crippen LogP contribution in [0.25, 0.3) is 0 Å². The number of nitrogens with zero attached hydrogens (tertiary/aromatic N) is 1. The molecule has 1 rings (SSSR count). The molecule has 0 radical (unpaired) electrons. The van der Waals surface area contributed by atoms with Crippen molar-refractivity contribution in [1.82, 2.24) is 4.31 Å². The molecule has 0 aromatic heterocycles. The summed E-state index contributed by atoms with van der Waals surface area (Å²) < 4.78 is 23.9. The summed E-state index contributed by atoms with van der Waals surface area (Å²) >= 11 is 0. The Morgan fingerprint density at radius 3 is 2.24 bits per heavy atom. The van der Waals surface area contributed by atoms with Crippen LogP contribution in [0.15, 0.2) is 24.3 Å². The van der Waals surface area contributed by atoms with E-state index in [9.17, 15) is 13.2 Å². The first-order valence-electron chi connectivity index (χ1n) is 4.87. The van der Waals surface area contributed by atoms with E-state index in [1.165, 1.54) is 0 Å². The Morgan fingerprint density at radius 2 is 1.82 bits per heavy atom. The van der Waals surface area contributed by atoms with Gasteiger partial charge in [0.05, 0.1) is 12.8 Å². The van der Waals surface area contributed by atoms with Gasteiger partial charge in [0.15, 0.2) is 0 Å². The number of carbonyl (C=O) groups is 1. The van der Waals surface area contributed by atoms with Crippen molar-refractivity contribution in [3.8, 4) is 0 Å². The second kappa shape index (κ2) is 5.15. The van der Waals surface area contributed by atoms with Crippen LogP contribution in [0.1, 0.15) is 5.56 Å². The minimum absolute atomic E-state index is 0.0993. The standard InChI is InChI=1S/C10H15N3O3S/c1-17(15,16)13(7-10(12)14)6-8-2-4-9(11)5-3-8/h2-5H,6-7,11H2,1H3,(H2,12,14). The molecule has 0 atom stereocenters. The van der Waals surface area contributed by atoms with Gasteiger partial charge in [0.2, 0.25) is 15.9 Å². The highest BCUT2D eigenvalue weighted by atomic mass is 32.2. The molecular weight excluding hydrogens is 242 g/mol. The molecule has 0 bridgehead atoms. The number of rotatable bonds is 5. The van der Waals surface area contributed by atoms with Crippen LogP contribution in [-0.4, -0.2) is 31.4 Å². The van der Waals surface area contributed by atoms with Gasteiger partial charge >= 0.3 is 0 Å².